The zero-order valence-electron chi connectivity index (χ0n) is 12.5. The van der Waals surface area contributed by atoms with Crippen molar-refractivity contribution in [1.29, 1.82) is 0 Å². The maximum Gasteiger partial charge on any atom is 0.315 e. The first-order valence-electron chi connectivity index (χ1n) is 6.94. The van der Waals surface area contributed by atoms with Crippen LogP contribution in [0.25, 0.3) is 0 Å². The molecule has 22 heavy (non-hydrogen) atoms. The fraction of sp³-hybridized carbons (Fsp3) is 0.235. The third kappa shape index (κ3) is 4.04. The van der Waals surface area contributed by atoms with Crippen molar-refractivity contribution in [2.75, 3.05) is 0 Å². The Bertz CT molecular complexity index is 654. The Labute approximate surface area is 128 Å². The normalized spacial score (nSPS) is 11.1. The summed E-state index contributed by atoms with van der Waals surface area (Å²) >= 11 is 0. The summed E-state index contributed by atoms with van der Waals surface area (Å²) in [5.74, 6) is -0.691. The van der Waals surface area contributed by atoms with Gasteiger partial charge in [0.15, 0.2) is 0 Å². The molecule has 2 amide bonds. The van der Waals surface area contributed by atoms with E-state index in [2.05, 4.69) is 10.6 Å². The lowest BCUT2D eigenvalue weighted by Gasteiger charge is -2.27. The fourth-order valence-electron chi connectivity index (χ4n) is 2.08. The van der Waals surface area contributed by atoms with Crippen LogP contribution in [-0.4, -0.2) is 6.03 Å². The van der Waals surface area contributed by atoms with Gasteiger partial charge in [-0.2, -0.15) is 0 Å². The van der Waals surface area contributed by atoms with Crippen LogP contribution in [0.15, 0.2) is 48.5 Å². The largest absolute Gasteiger partial charge is 0.334 e. The second-order valence-corrected chi connectivity index (χ2v) is 5.53. The van der Waals surface area contributed by atoms with E-state index in [1.807, 2.05) is 13.8 Å². The SMILES string of the molecule is CC(C)(NC(=O)NCc1ccccc1F)c1ccc(F)cc1. The second-order valence-electron chi connectivity index (χ2n) is 5.53. The summed E-state index contributed by atoms with van der Waals surface area (Å²) in [5, 5.41) is 5.40. The predicted molar refractivity (Wildman–Crippen MR) is 81.2 cm³/mol. The third-order valence-electron chi connectivity index (χ3n) is 3.39. The van der Waals surface area contributed by atoms with Gasteiger partial charge in [-0.05, 0) is 37.6 Å². The molecule has 0 unspecified atom stereocenters. The average Bonchev–Trinajstić information content (AvgIpc) is 2.46. The highest BCUT2D eigenvalue weighted by atomic mass is 19.1. The highest BCUT2D eigenvalue weighted by Crippen LogP contribution is 2.20. The van der Waals surface area contributed by atoms with Crippen molar-refractivity contribution >= 4 is 6.03 Å². The van der Waals surface area contributed by atoms with Gasteiger partial charge in [0, 0.05) is 12.1 Å². The Kier molecular flexibility index (Phi) is 4.75. The topological polar surface area (TPSA) is 41.1 Å². The zero-order chi connectivity index (χ0) is 16.2. The molecule has 5 heteroatoms. The average molecular weight is 304 g/mol. The van der Waals surface area contributed by atoms with Gasteiger partial charge in [-0.1, -0.05) is 30.3 Å². The van der Waals surface area contributed by atoms with E-state index in [-0.39, 0.29) is 18.2 Å². The van der Waals surface area contributed by atoms with Crippen LogP contribution in [0, 0.1) is 11.6 Å². The number of hydrogen-bond acceptors (Lipinski definition) is 1. The maximum absolute atomic E-state index is 13.5. The standard InChI is InChI=1S/C17H18F2N2O/c1-17(2,13-7-9-14(18)10-8-13)21-16(22)20-11-12-5-3-4-6-15(12)19/h3-10H,11H2,1-2H3,(H2,20,21,22). The number of halogens is 2. The van der Waals surface area contributed by atoms with E-state index in [1.165, 1.54) is 18.2 Å². The first-order chi connectivity index (χ1) is 10.4. The smallest absolute Gasteiger partial charge is 0.315 e. The highest BCUT2D eigenvalue weighted by molar-refractivity contribution is 5.75. The number of carbonyl (C=O) groups is 1. The molecule has 2 rings (SSSR count). The summed E-state index contributed by atoms with van der Waals surface area (Å²) in [4.78, 5) is 12.0. The van der Waals surface area contributed by atoms with Gasteiger partial charge in [0.1, 0.15) is 11.6 Å². The van der Waals surface area contributed by atoms with E-state index in [0.717, 1.165) is 5.56 Å². The zero-order valence-corrected chi connectivity index (χ0v) is 12.5. The Morgan fingerprint density at radius 3 is 2.32 bits per heavy atom. The Balaban J connectivity index is 1.96. The minimum absolute atomic E-state index is 0.0952. The van der Waals surface area contributed by atoms with E-state index < -0.39 is 11.6 Å². The van der Waals surface area contributed by atoms with Crippen molar-refractivity contribution < 1.29 is 13.6 Å². The van der Waals surface area contributed by atoms with E-state index in [4.69, 9.17) is 0 Å². The van der Waals surface area contributed by atoms with Gasteiger partial charge in [-0.15, -0.1) is 0 Å². The molecule has 0 radical (unpaired) electrons. The van der Waals surface area contributed by atoms with Gasteiger partial charge < -0.3 is 10.6 Å². The molecule has 0 saturated heterocycles. The summed E-state index contributed by atoms with van der Waals surface area (Å²) in [7, 11) is 0. The van der Waals surface area contributed by atoms with Crippen LogP contribution in [0.1, 0.15) is 25.0 Å². The van der Waals surface area contributed by atoms with Crippen LogP contribution in [0.4, 0.5) is 13.6 Å². The van der Waals surface area contributed by atoms with Crippen molar-refractivity contribution in [2.45, 2.75) is 25.9 Å². The second kappa shape index (κ2) is 6.56. The molecule has 2 aromatic carbocycles. The number of hydrogen-bond donors (Lipinski definition) is 2. The quantitative estimate of drug-likeness (QED) is 0.888. The van der Waals surface area contributed by atoms with E-state index in [1.54, 1.807) is 30.3 Å². The molecule has 0 aliphatic rings. The minimum Gasteiger partial charge on any atom is -0.334 e. The van der Waals surface area contributed by atoms with Gasteiger partial charge in [0.25, 0.3) is 0 Å². The molecular formula is C17H18F2N2O. The molecular weight excluding hydrogens is 286 g/mol. The lowest BCUT2D eigenvalue weighted by molar-refractivity contribution is 0.229. The molecule has 3 nitrogen and oxygen atoms in total. The first kappa shape index (κ1) is 15.9. The monoisotopic (exact) mass is 304 g/mol. The summed E-state index contributed by atoms with van der Waals surface area (Å²) in [6.45, 7) is 3.71. The van der Waals surface area contributed by atoms with Gasteiger partial charge in [-0.3, -0.25) is 0 Å². The van der Waals surface area contributed by atoms with E-state index in [0.29, 0.717) is 5.56 Å². The van der Waals surface area contributed by atoms with Gasteiger partial charge in [0.2, 0.25) is 0 Å². The van der Waals surface area contributed by atoms with Crippen LogP contribution in [0.5, 0.6) is 0 Å². The summed E-state index contributed by atoms with van der Waals surface area (Å²) < 4.78 is 26.4. The van der Waals surface area contributed by atoms with Crippen LogP contribution >= 0.6 is 0 Å². The molecule has 0 fully saturated rings. The van der Waals surface area contributed by atoms with Crippen molar-refractivity contribution in [1.82, 2.24) is 10.6 Å². The van der Waals surface area contributed by atoms with Crippen LogP contribution in [-0.2, 0) is 12.1 Å². The number of amides is 2. The Morgan fingerprint density at radius 2 is 1.68 bits per heavy atom. The number of benzene rings is 2. The van der Waals surface area contributed by atoms with Gasteiger partial charge >= 0.3 is 6.03 Å². The molecule has 2 aromatic rings. The highest BCUT2D eigenvalue weighted by Gasteiger charge is 2.22. The summed E-state index contributed by atoms with van der Waals surface area (Å²) in [6.07, 6.45) is 0. The van der Waals surface area contributed by atoms with Crippen molar-refractivity contribution in [3.05, 3.63) is 71.3 Å². The van der Waals surface area contributed by atoms with Crippen LogP contribution in [0.3, 0.4) is 0 Å². The van der Waals surface area contributed by atoms with Crippen molar-refractivity contribution in [3.8, 4) is 0 Å². The molecule has 0 atom stereocenters. The Morgan fingerprint density at radius 1 is 1.05 bits per heavy atom. The molecule has 0 aliphatic heterocycles. The molecule has 0 spiro atoms. The molecule has 2 N–H and O–H groups in total. The number of rotatable bonds is 4. The van der Waals surface area contributed by atoms with E-state index >= 15 is 0 Å². The van der Waals surface area contributed by atoms with Crippen molar-refractivity contribution in [2.24, 2.45) is 0 Å². The molecule has 0 aromatic heterocycles. The summed E-state index contributed by atoms with van der Waals surface area (Å²) in [6, 6.07) is 11.8. The fourth-order valence-corrected chi connectivity index (χ4v) is 2.08. The predicted octanol–water partition coefficient (Wildman–Crippen LogP) is 3.70. The van der Waals surface area contributed by atoms with Gasteiger partial charge in [0.05, 0.1) is 5.54 Å². The lowest BCUT2D eigenvalue weighted by Crippen LogP contribution is -2.46. The molecule has 116 valence electrons. The third-order valence-corrected chi connectivity index (χ3v) is 3.39. The lowest BCUT2D eigenvalue weighted by atomic mass is 9.94. The first-order valence-corrected chi connectivity index (χ1v) is 6.94. The molecule has 0 heterocycles. The van der Waals surface area contributed by atoms with Gasteiger partial charge in [-0.25, -0.2) is 13.6 Å². The van der Waals surface area contributed by atoms with Crippen LogP contribution in [0.2, 0.25) is 0 Å². The number of nitrogens with one attached hydrogen (secondary N) is 2. The van der Waals surface area contributed by atoms with Crippen LogP contribution < -0.4 is 10.6 Å². The Hall–Kier alpha value is -2.43. The number of urea groups is 1. The van der Waals surface area contributed by atoms with E-state index in [9.17, 15) is 13.6 Å². The summed E-state index contributed by atoms with van der Waals surface area (Å²) in [5.41, 5.74) is 0.514. The number of carbonyl (C=O) groups excluding carboxylic acids is 1. The molecule has 0 bridgehead atoms. The van der Waals surface area contributed by atoms with Crippen molar-refractivity contribution in [3.63, 3.8) is 0 Å². The molecule has 0 saturated carbocycles. The molecule has 0 aliphatic carbocycles. The maximum atomic E-state index is 13.5. The minimum atomic E-state index is -0.674.